The molecule has 1 aromatic heterocycles. The van der Waals surface area contributed by atoms with E-state index in [2.05, 4.69) is 11.6 Å². The Kier molecular flexibility index (Phi) is 8.71. The number of allylic oxidation sites excluding steroid dienone is 1. The van der Waals surface area contributed by atoms with Crippen LogP contribution in [0.1, 0.15) is 37.9 Å². The Morgan fingerprint density at radius 1 is 1.10 bits per heavy atom. The maximum atomic E-state index is 13.9. The molecule has 0 bridgehead atoms. The number of hydrogen-bond donors (Lipinski definition) is 0. The fourth-order valence-electron chi connectivity index (χ4n) is 4.36. The van der Waals surface area contributed by atoms with Gasteiger partial charge in [0.25, 0.3) is 5.56 Å². The van der Waals surface area contributed by atoms with Gasteiger partial charge in [-0.15, -0.1) is 0 Å². The van der Waals surface area contributed by atoms with Gasteiger partial charge in [-0.3, -0.25) is 9.36 Å². The number of anilines is 1. The number of thiazole rings is 1. The maximum Gasteiger partial charge on any atom is 0.338 e. The lowest BCUT2D eigenvalue weighted by molar-refractivity contribution is -0.139. The highest BCUT2D eigenvalue weighted by molar-refractivity contribution is 7.07. The normalized spacial score (nSPS) is 14.9. The third kappa shape index (κ3) is 5.83. The van der Waals surface area contributed by atoms with Crippen molar-refractivity contribution >= 4 is 29.1 Å². The monoisotopic (exact) mass is 547 g/mol. The lowest BCUT2D eigenvalue weighted by atomic mass is 9.95. The van der Waals surface area contributed by atoms with Crippen LogP contribution in [0.2, 0.25) is 0 Å². The quantitative estimate of drug-likeness (QED) is 0.284. The molecule has 3 aromatic rings. The number of benzene rings is 2. The lowest BCUT2D eigenvalue weighted by Gasteiger charge is -2.25. The molecule has 1 unspecified atom stereocenters. The van der Waals surface area contributed by atoms with Crippen molar-refractivity contribution in [2.75, 3.05) is 38.8 Å². The molecule has 0 N–H and O–H groups in total. The fourth-order valence-corrected chi connectivity index (χ4v) is 5.40. The van der Waals surface area contributed by atoms with E-state index in [1.165, 1.54) is 11.3 Å². The largest absolute Gasteiger partial charge is 0.490 e. The smallest absolute Gasteiger partial charge is 0.338 e. The minimum atomic E-state index is -0.744. The average molecular weight is 548 g/mol. The van der Waals surface area contributed by atoms with Crippen molar-refractivity contribution in [3.05, 3.63) is 97.2 Å². The first-order chi connectivity index (χ1) is 18.8. The number of ether oxygens (including phenoxy) is 3. The second kappa shape index (κ2) is 12.2. The molecule has 0 saturated carbocycles. The Labute approximate surface area is 231 Å². The predicted octanol–water partition coefficient (Wildman–Crippen LogP) is 3.83. The van der Waals surface area contributed by atoms with Gasteiger partial charge in [-0.25, -0.2) is 9.79 Å². The molecule has 4 rings (SSSR count). The van der Waals surface area contributed by atoms with E-state index in [1.807, 2.05) is 68.4 Å². The standard InChI is InChI=1S/C30H33N3O5S/c1-7-16-38-23-15-12-21(18-24(23)36-8-2)27-26(29(35)37-9-3)19(4)31-30-33(27)28(34)25(39-30)17-20-10-13-22(14-11-20)32(5)6/h7,10-15,17-18,27H,1,8-9,16H2,2-6H3/b25-17+. The van der Waals surface area contributed by atoms with Crippen LogP contribution >= 0.6 is 11.3 Å². The van der Waals surface area contributed by atoms with Crippen molar-refractivity contribution in [2.45, 2.75) is 26.8 Å². The zero-order chi connectivity index (χ0) is 28.1. The SMILES string of the molecule is C=CCOc1ccc(C2C(C(=O)OCC)=C(C)N=c3s/c(=C/c4ccc(N(C)C)cc4)c(=O)n32)cc1OCC. The highest BCUT2D eigenvalue weighted by atomic mass is 32.1. The van der Waals surface area contributed by atoms with Gasteiger partial charge in [0.05, 0.1) is 35.1 Å². The van der Waals surface area contributed by atoms with Gasteiger partial charge in [0.15, 0.2) is 16.3 Å². The van der Waals surface area contributed by atoms with E-state index in [9.17, 15) is 9.59 Å². The van der Waals surface area contributed by atoms with Crippen LogP contribution in [0.5, 0.6) is 11.5 Å². The molecule has 0 fully saturated rings. The van der Waals surface area contributed by atoms with E-state index in [-0.39, 0.29) is 12.2 Å². The fraction of sp³-hybridized carbons (Fsp3) is 0.300. The second-order valence-corrected chi connectivity index (χ2v) is 10.0. The van der Waals surface area contributed by atoms with Crippen LogP contribution in [-0.4, -0.2) is 44.5 Å². The predicted molar refractivity (Wildman–Crippen MR) is 154 cm³/mol. The van der Waals surface area contributed by atoms with Gasteiger partial charge in [0.2, 0.25) is 0 Å². The van der Waals surface area contributed by atoms with Crippen LogP contribution in [0.4, 0.5) is 5.69 Å². The maximum absolute atomic E-state index is 13.9. The molecule has 0 amide bonds. The van der Waals surface area contributed by atoms with Crippen LogP contribution in [0, 0.1) is 0 Å². The number of carbonyl (C=O) groups is 1. The molecular weight excluding hydrogens is 514 g/mol. The molecular formula is C30H33N3O5S. The van der Waals surface area contributed by atoms with E-state index in [4.69, 9.17) is 14.2 Å². The molecule has 0 aliphatic carbocycles. The summed E-state index contributed by atoms with van der Waals surface area (Å²) in [6.07, 6.45) is 3.50. The number of hydrogen-bond acceptors (Lipinski definition) is 8. The van der Waals surface area contributed by atoms with Crippen LogP contribution in [0.15, 0.2) is 76.2 Å². The molecule has 1 aliphatic rings. The third-order valence-corrected chi connectivity index (χ3v) is 7.15. The van der Waals surface area contributed by atoms with E-state index >= 15 is 0 Å². The minimum Gasteiger partial charge on any atom is -0.490 e. The summed E-state index contributed by atoms with van der Waals surface area (Å²) in [5.41, 5.74) is 3.23. The minimum absolute atomic E-state index is 0.203. The van der Waals surface area contributed by atoms with E-state index in [0.717, 1.165) is 11.3 Å². The van der Waals surface area contributed by atoms with Gasteiger partial charge in [0.1, 0.15) is 6.61 Å². The Balaban J connectivity index is 1.90. The van der Waals surface area contributed by atoms with Gasteiger partial charge in [-0.05, 0) is 62.2 Å². The van der Waals surface area contributed by atoms with Gasteiger partial charge in [-0.2, -0.15) is 0 Å². The number of carbonyl (C=O) groups excluding carboxylic acids is 1. The lowest BCUT2D eigenvalue weighted by Crippen LogP contribution is -2.40. The molecule has 8 nitrogen and oxygen atoms in total. The van der Waals surface area contributed by atoms with Crippen molar-refractivity contribution in [3.63, 3.8) is 0 Å². The summed E-state index contributed by atoms with van der Waals surface area (Å²) >= 11 is 1.29. The highest BCUT2D eigenvalue weighted by Gasteiger charge is 2.34. The molecule has 0 spiro atoms. The van der Waals surface area contributed by atoms with Crippen LogP contribution in [0.25, 0.3) is 6.08 Å². The van der Waals surface area contributed by atoms with Gasteiger partial charge < -0.3 is 19.1 Å². The topological polar surface area (TPSA) is 82.4 Å². The summed E-state index contributed by atoms with van der Waals surface area (Å²) in [5.74, 6) is 0.549. The summed E-state index contributed by atoms with van der Waals surface area (Å²) in [6, 6.07) is 12.6. The first-order valence-corrected chi connectivity index (χ1v) is 13.6. The average Bonchev–Trinajstić information content (AvgIpc) is 3.21. The number of rotatable bonds is 10. The Bertz CT molecular complexity index is 1580. The highest BCUT2D eigenvalue weighted by Crippen LogP contribution is 2.36. The van der Waals surface area contributed by atoms with E-state index < -0.39 is 12.0 Å². The molecule has 9 heteroatoms. The van der Waals surface area contributed by atoms with Crippen molar-refractivity contribution in [1.29, 1.82) is 0 Å². The Hall–Kier alpha value is -4.11. The van der Waals surface area contributed by atoms with E-state index in [0.29, 0.717) is 50.9 Å². The van der Waals surface area contributed by atoms with Crippen molar-refractivity contribution in [1.82, 2.24) is 4.57 Å². The molecule has 0 radical (unpaired) electrons. The van der Waals surface area contributed by atoms with Gasteiger partial charge in [-0.1, -0.05) is 42.2 Å². The molecule has 0 saturated heterocycles. The number of esters is 1. The van der Waals surface area contributed by atoms with E-state index in [1.54, 1.807) is 30.6 Å². The summed E-state index contributed by atoms with van der Waals surface area (Å²) < 4.78 is 19.1. The Morgan fingerprint density at radius 3 is 2.49 bits per heavy atom. The van der Waals surface area contributed by atoms with Crippen molar-refractivity contribution in [3.8, 4) is 11.5 Å². The third-order valence-electron chi connectivity index (χ3n) is 6.16. The first-order valence-electron chi connectivity index (χ1n) is 12.8. The van der Waals surface area contributed by atoms with Gasteiger partial charge >= 0.3 is 5.97 Å². The zero-order valence-corrected chi connectivity index (χ0v) is 23.7. The van der Waals surface area contributed by atoms with Crippen molar-refractivity contribution < 1.29 is 19.0 Å². The second-order valence-electron chi connectivity index (χ2n) is 9.03. The van der Waals surface area contributed by atoms with Crippen LogP contribution in [0.3, 0.4) is 0 Å². The summed E-state index contributed by atoms with van der Waals surface area (Å²) in [5, 5.41) is 0. The summed E-state index contributed by atoms with van der Waals surface area (Å²) in [4.78, 5) is 34.2. The molecule has 2 heterocycles. The molecule has 1 aliphatic heterocycles. The van der Waals surface area contributed by atoms with Crippen LogP contribution < -0.4 is 29.3 Å². The number of aromatic nitrogens is 1. The summed E-state index contributed by atoms with van der Waals surface area (Å²) in [6.45, 7) is 10.0. The molecule has 39 heavy (non-hydrogen) atoms. The van der Waals surface area contributed by atoms with Crippen molar-refractivity contribution in [2.24, 2.45) is 4.99 Å². The molecule has 204 valence electrons. The summed E-state index contributed by atoms with van der Waals surface area (Å²) in [7, 11) is 3.96. The number of fused-ring (bicyclic) bond motifs is 1. The zero-order valence-electron chi connectivity index (χ0n) is 22.9. The van der Waals surface area contributed by atoms with Crippen LogP contribution in [-0.2, 0) is 9.53 Å². The van der Waals surface area contributed by atoms with Gasteiger partial charge in [0, 0.05) is 19.8 Å². The Morgan fingerprint density at radius 2 is 1.85 bits per heavy atom. The molecule has 2 aromatic carbocycles. The first kappa shape index (κ1) is 27.9. The molecule has 1 atom stereocenters. The number of nitrogens with zero attached hydrogens (tertiary/aromatic N) is 3.